The monoisotopic (exact) mass is 308 g/mol. The normalized spacial score (nSPS) is 33.1. The molecule has 0 aromatic heterocycles. The molecule has 2 atom stereocenters. The Morgan fingerprint density at radius 3 is 2.76 bits per heavy atom. The van der Waals surface area contributed by atoms with E-state index in [1.807, 2.05) is 6.07 Å². The summed E-state index contributed by atoms with van der Waals surface area (Å²) in [6.45, 7) is 4.92. The summed E-state index contributed by atoms with van der Waals surface area (Å²) in [6, 6.07) is 10.9. The predicted molar refractivity (Wildman–Crippen MR) is 85.2 cm³/mol. The molecule has 0 saturated carbocycles. The number of piperazine rings is 1. The first-order valence-corrected chi connectivity index (χ1v) is 9.52. The number of hydrogen-bond donors (Lipinski definition) is 1. The molecule has 0 bridgehead atoms. The molecular formula is C16H24N2O2S. The van der Waals surface area contributed by atoms with Gasteiger partial charge in [-0.15, -0.1) is 0 Å². The van der Waals surface area contributed by atoms with Gasteiger partial charge >= 0.3 is 0 Å². The van der Waals surface area contributed by atoms with Crippen molar-refractivity contribution in [3.63, 3.8) is 0 Å². The summed E-state index contributed by atoms with van der Waals surface area (Å²) in [5.74, 6) is 0.662. The fourth-order valence-electron chi connectivity index (χ4n) is 3.59. The zero-order valence-electron chi connectivity index (χ0n) is 12.6. The lowest BCUT2D eigenvalue weighted by Crippen LogP contribution is -2.59. The van der Waals surface area contributed by atoms with Gasteiger partial charge in [-0.25, -0.2) is 8.42 Å². The SMILES string of the molecule is CC1(N2CCNC(Cc3ccccc3)C2)CCS(=O)(=O)C1. The van der Waals surface area contributed by atoms with E-state index in [2.05, 4.69) is 41.4 Å². The largest absolute Gasteiger partial charge is 0.311 e. The van der Waals surface area contributed by atoms with Gasteiger partial charge in [-0.2, -0.15) is 0 Å². The van der Waals surface area contributed by atoms with Gasteiger partial charge in [0.2, 0.25) is 0 Å². The lowest BCUT2D eigenvalue weighted by atomic mass is 9.95. The molecule has 2 aliphatic rings. The van der Waals surface area contributed by atoms with Crippen molar-refractivity contribution in [2.45, 2.75) is 31.3 Å². The maximum Gasteiger partial charge on any atom is 0.152 e. The van der Waals surface area contributed by atoms with E-state index in [0.29, 0.717) is 17.5 Å². The average Bonchev–Trinajstić information content (AvgIpc) is 2.75. The smallest absolute Gasteiger partial charge is 0.152 e. The van der Waals surface area contributed by atoms with Crippen molar-refractivity contribution in [2.75, 3.05) is 31.1 Å². The highest BCUT2D eigenvalue weighted by molar-refractivity contribution is 7.91. The molecule has 5 heteroatoms. The van der Waals surface area contributed by atoms with E-state index >= 15 is 0 Å². The highest BCUT2D eigenvalue weighted by Crippen LogP contribution is 2.30. The molecule has 1 aromatic carbocycles. The Hall–Kier alpha value is -0.910. The first-order chi connectivity index (χ1) is 9.97. The summed E-state index contributed by atoms with van der Waals surface area (Å²) < 4.78 is 23.6. The van der Waals surface area contributed by atoms with Gasteiger partial charge in [-0.1, -0.05) is 30.3 Å². The highest BCUT2D eigenvalue weighted by Gasteiger charge is 2.43. The zero-order valence-corrected chi connectivity index (χ0v) is 13.4. The van der Waals surface area contributed by atoms with Crippen LogP contribution in [-0.2, 0) is 16.3 Å². The van der Waals surface area contributed by atoms with Crippen LogP contribution in [0.2, 0.25) is 0 Å². The molecule has 0 spiro atoms. The molecule has 2 unspecified atom stereocenters. The van der Waals surface area contributed by atoms with E-state index in [4.69, 9.17) is 0 Å². The molecule has 2 heterocycles. The molecule has 116 valence electrons. The summed E-state index contributed by atoms with van der Waals surface area (Å²) in [4.78, 5) is 2.39. The van der Waals surface area contributed by atoms with Crippen LogP contribution >= 0.6 is 0 Å². The summed E-state index contributed by atoms with van der Waals surface area (Å²) in [6.07, 6.45) is 1.77. The van der Waals surface area contributed by atoms with E-state index in [-0.39, 0.29) is 5.54 Å². The molecule has 21 heavy (non-hydrogen) atoms. The molecule has 2 fully saturated rings. The van der Waals surface area contributed by atoms with Crippen LogP contribution in [0.4, 0.5) is 0 Å². The molecule has 0 radical (unpaired) electrons. The summed E-state index contributed by atoms with van der Waals surface area (Å²) in [5, 5.41) is 3.57. The Labute approximate surface area is 127 Å². The van der Waals surface area contributed by atoms with Crippen molar-refractivity contribution >= 4 is 9.84 Å². The minimum absolute atomic E-state index is 0.171. The standard InChI is InChI=1S/C16H24N2O2S/c1-16(7-10-21(19,20)13-16)18-9-8-17-15(12-18)11-14-5-3-2-4-6-14/h2-6,15,17H,7-13H2,1H3. The fraction of sp³-hybridized carbons (Fsp3) is 0.625. The number of benzene rings is 1. The van der Waals surface area contributed by atoms with Gasteiger partial charge < -0.3 is 5.32 Å². The second-order valence-electron chi connectivity index (χ2n) is 6.63. The third-order valence-corrected chi connectivity index (χ3v) is 6.71. The Morgan fingerprint density at radius 1 is 1.33 bits per heavy atom. The van der Waals surface area contributed by atoms with E-state index in [1.165, 1.54) is 5.56 Å². The Kier molecular flexibility index (Phi) is 4.08. The second-order valence-corrected chi connectivity index (χ2v) is 8.81. The molecule has 2 saturated heterocycles. The molecule has 4 nitrogen and oxygen atoms in total. The Bertz CT molecular complexity index is 588. The molecule has 1 N–H and O–H groups in total. The zero-order chi connectivity index (χ0) is 14.9. The topological polar surface area (TPSA) is 49.4 Å². The number of nitrogens with one attached hydrogen (secondary N) is 1. The summed E-state index contributed by atoms with van der Waals surface area (Å²) >= 11 is 0. The maximum absolute atomic E-state index is 11.8. The van der Waals surface area contributed by atoms with Crippen molar-refractivity contribution in [2.24, 2.45) is 0 Å². The van der Waals surface area contributed by atoms with Gasteiger partial charge in [-0.3, -0.25) is 4.90 Å². The van der Waals surface area contributed by atoms with Gasteiger partial charge in [0.25, 0.3) is 0 Å². The Balaban J connectivity index is 1.66. The number of nitrogens with zero attached hydrogens (tertiary/aromatic N) is 1. The average molecular weight is 308 g/mol. The van der Waals surface area contributed by atoms with Crippen LogP contribution < -0.4 is 5.32 Å². The summed E-state index contributed by atoms with van der Waals surface area (Å²) in [5.41, 5.74) is 1.16. The molecule has 3 rings (SSSR count). The van der Waals surface area contributed by atoms with Crippen molar-refractivity contribution in [3.8, 4) is 0 Å². The first kappa shape index (κ1) is 15.0. The first-order valence-electron chi connectivity index (χ1n) is 7.70. The van der Waals surface area contributed by atoms with Crippen LogP contribution in [0.25, 0.3) is 0 Å². The lowest BCUT2D eigenvalue weighted by molar-refractivity contribution is 0.0871. The van der Waals surface area contributed by atoms with Gasteiger partial charge in [0.1, 0.15) is 0 Å². The van der Waals surface area contributed by atoms with E-state index in [0.717, 1.165) is 32.5 Å². The van der Waals surface area contributed by atoms with Gasteiger partial charge in [0.05, 0.1) is 11.5 Å². The second kappa shape index (κ2) is 5.71. The van der Waals surface area contributed by atoms with Crippen LogP contribution in [0.15, 0.2) is 30.3 Å². The van der Waals surface area contributed by atoms with Gasteiger partial charge in [-0.05, 0) is 25.3 Å². The lowest BCUT2D eigenvalue weighted by Gasteiger charge is -2.43. The Morgan fingerprint density at radius 2 is 2.10 bits per heavy atom. The van der Waals surface area contributed by atoms with Gasteiger partial charge in [0.15, 0.2) is 9.84 Å². The van der Waals surface area contributed by atoms with Crippen LogP contribution in [0.5, 0.6) is 0 Å². The van der Waals surface area contributed by atoms with Gasteiger partial charge in [0, 0.05) is 31.2 Å². The van der Waals surface area contributed by atoms with E-state index in [1.54, 1.807) is 0 Å². The van der Waals surface area contributed by atoms with Crippen molar-refractivity contribution in [1.82, 2.24) is 10.2 Å². The third kappa shape index (κ3) is 3.47. The van der Waals surface area contributed by atoms with Crippen LogP contribution in [0.1, 0.15) is 18.9 Å². The third-order valence-electron chi connectivity index (χ3n) is 4.83. The molecule has 0 amide bonds. The minimum atomic E-state index is -2.84. The van der Waals surface area contributed by atoms with Crippen molar-refractivity contribution in [1.29, 1.82) is 0 Å². The molecule has 0 aliphatic carbocycles. The maximum atomic E-state index is 11.8. The molecule has 1 aromatic rings. The predicted octanol–water partition coefficient (Wildman–Crippen LogP) is 1.08. The van der Waals surface area contributed by atoms with E-state index < -0.39 is 9.84 Å². The summed E-state index contributed by atoms with van der Waals surface area (Å²) in [7, 11) is -2.84. The highest BCUT2D eigenvalue weighted by atomic mass is 32.2. The molecular weight excluding hydrogens is 284 g/mol. The number of sulfone groups is 1. The quantitative estimate of drug-likeness (QED) is 0.908. The number of rotatable bonds is 3. The fourth-order valence-corrected chi connectivity index (χ4v) is 5.76. The minimum Gasteiger partial charge on any atom is -0.311 e. The van der Waals surface area contributed by atoms with Crippen LogP contribution in [0.3, 0.4) is 0 Å². The van der Waals surface area contributed by atoms with Crippen molar-refractivity contribution < 1.29 is 8.42 Å². The van der Waals surface area contributed by atoms with Crippen LogP contribution in [-0.4, -0.2) is 56.0 Å². The van der Waals surface area contributed by atoms with Crippen molar-refractivity contribution in [3.05, 3.63) is 35.9 Å². The number of hydrogen-bond acceptors (Lipinski definition) is 4. The van der Waals surface area contributed by atoms with E-state index in [9.17, 15) is 8.42 Å². The van der Waals surface area contributed by atoms with Crippen LogP contribution in [0, 0.1) is 0 Å². The molecule has 2 aliphatic heterocycles.